The van der Waals surface area contributed by atoms with Crippen molar-refractivity contribution in [2.45, 2.75) is 71.4 Å². The molecule has 0 bridgehead atoms. The summed E-state index contributed by atoms with van der Waals surface area (Å²) in [4.78, 5) is 27.1. The van der Waals surface area contributed by atoms with Crippen LogP contribution in [0.2, 0.25) is 0 Å². The fraction of sp³-hybridized carbons (Fsp3) is 0.762. The molecule has 0 radical (unpaired) electrons. The van der Waals surface area contributed by atoms with Crippen molar-refractivity contribution in [2.24, 2.45) is 7.05 Å². The first kappa shape index (κ1) is 23.6. The Labute approximate surface area is 178 Å². The highest BCUT2D eigenvalue weighted by Gasteiger charge is 2.32. The Morgan fingerprint density at radius 1 is 1.41 bits per heavy atom. The largest absolute Gasteiger partial charge is 0.444 e. The number of hydrogen-bond donors (Lipinski definition) is 1. The van der Waals surface area contributed by atoms with Crippen molar-refractivity contribution in [1.29, 1.82) is 0 Å². The first-order valence-corrected chi connectivity index (χ1v) is 11.7. The van der Waals surface area contributed by atoms with Crippen LogP contribution in [0.25, 0.3) is 0 Å². The van der Waals surface area contributed by atoms with Crippen LogP contribution >= 0.6 is 11.8 Å². The van der Waals surface area contributed by atoms with Crippen molar-refractivity contribution >= 4 is 23.8 Å². The summed E-state index contributed by atoms with van der Waals surface area (Å²) in [6.07, 6.45) is 4.19. The average molecular weight is 425 g/mol. The van der Waals surface area contributed by atoms with E-state index < -0.39 is 5.60 Å². The number of hydrogen-bond acceptors (Lipinski definition) is 5. The van der Waals surface area contributed by atoms with Gasteiger partial charge in [-0.3, -0.25) is 9.48 Å². The van der Waals surface area contributed by atoms with Gasteiger partial charge in [0, 0.05) is 38.3 Å². The van der Waals surface area contributed by atoms with Crippen molar-refractivity contribution in [2.75, 3.05) is 24.6 Å². The zero-order valence-corrected chi connectivity index (χ0v) is 19.5. The summed E-state index contributed by atoms with van der Waals surface area (Å²) in [7, 11) is 1.83. The molecule has 1 saturated heterocycles. The molecule has 0 unspecified atom stereocenters. The van der Waals surface area contributed by atoms with Crippen LogP contribution in [0.5, 0.6) is 0 Å². The number of thioether (sulfide) groups is 1. The number of carbonyl (C=O) groups is 2. The number of carbonyl (C=O) groups excluding carboxylic acids is 2. The van der Waals surface area contributed by atoms with Gasteiger partial charge < -0.3 is 15.0 Å². The Bertz CT molecular complexity index is 699. The fourth-order valence-electron chi connectivity index (χ4n) is 3.45. The standard InChI is InChI=1S/C21H36N4O3S/c1-7-29-12-10-15(2)22-19(26)17-14-24(6)23-18(17)16-9-8-11-25(13-16)20(27)28-21(3,4)5/h14-16H,7-13H2,1-6H3,(H,22,26)/t15-,16+/m1/s1. The van der Waals surface area contributed by atoms with E-state index in [1.54, 1.807) is 15.8 Å². The van der Waals surface area contributed by atoms with Crippen molar-refractivity contribution in [3.05, 3.63) is 17.5 Å². The molecule has 2 atom stereocenters. The van der Waals surface area contributed by atoms with E-state index in [1.807, 2.05) is 46.5 Å². The van der Waals surface area contributed by atoms with Gasteiger partial charge in [0.15, 0.2) is 0 Å². The molecule has 1 N–H and O–H groups in total. The van der Waals surface area contributed by atoms with E-state index in [2.05, 4.69) is 17.3 Å². The third-order valence-electron chi connectivity index (χ3n) is 4.84. The number of aryl methyl sites for hydroxylation is 1. The Kier molecular flexibility index (Phi) is 8.43. The van der Waals surface area contributed by atoms with E-state index in [4.69, 9.17) is 4.74 Å². The lowest BCUT2D eigenvalue weighted by molar-refractivity contribution is 0.0197. The van der Waals surface area contributed by atoms with Gasteiger partial charge in [0.25, 0.3) is 5.91 Å². The number of piperidine rings is 1. The SMILES string of the molecule is CCSCC[C@@H](C)NC(=O)c1cn(C)nc1[C@H]1CCCN(C(=O)OC(C)(C)C)C1. The predicted molar refractivity (Wildman–Crippen MR) is 118 cm³/mol. The van der Waals surface area contributed by atoms with Crippen LogP contribution in [-0.4, -0.2) is 62.9 Å². The van der Waals surface area contributed by atoms with E-state index in [-0.39, 0.29) is 24.0 Å². The zero-order valence-electron chi connectivity index (χ0n) is 18.7. The minimum atomic E-state index is -0.522. The van der Waals surface area contributed by atoms with Gasteiger partial charge in [-0.2, -0.15) is 16.9 Å². The van der Waals surface area contributed by atoms with Gasteiger partial charge in [-0.15, -0.1) is 0 Å². The third kappa shape index (κ3) is 7.24. The molecule has 164 valence electrons. The maximum absolute atomic E-state index is 12.9. The smallest absolute Gasteiger partial charge is 0.410 e. The molecule has 1 aromatic heterocycles. The molecule has 8 heteroatoms. The molecule has 2 amide bonds. The van der Waals surface area contributed by atoms with Crippen LogP contribution in [0.1, 0.15) is 75.9 Å². The summed E-state index contributed by atoms with van der Waals surface area (Å²) in [6, 6.07) is 0.110. The van der Waals surface area contributed by atoms with E-state index in [0.717, 1.165) is 36.5 Å². The molecule has 0 spiro atoms. The summed E-state index contributed by atoms with van der Waals surface area (Å²) < 4.78 is 7.21. The number of nitrogens with zero attached hydrogens (tertiary/aromatic N) is 3. The molecule has 1 aromatic rings. The molecule has 7 nitrogen and oxygen atoms in total. The van der Waals surface area contributed by atoms with Crippen LogP contribution in [0.15, 0.2) is 6.20 Å². The quantitative estimate of drug-likeness (QED) is 0.674. The molecular formula is C21H36N4O3S. The monoisotopic (exact) mass is 424 g/mol. The number of rotatable bonds is 7. The second-order valence-corrected chi connectivity index (χ2v) is 10.1. The van der Waals surface area contributed by atoms with Crippen LogP contribution in [0.4, 0.5) is 4.79 Å². The summed E-state index contributed by atoms with van der Waals surface area (Å²) in [5.74, 6) is 2.06. The number of nitrogens with one attached hydrogen (secondary N) is 1. The van der Waals surface area contributed by atoms with Crippen molar-refractivity contribution in [1.82, 2.24) is 20.0 Å². The van der Waals surface area contributed by atoms with Gasteiger partial charge in [-0.1, -0.05) is 6.92 Å². The van der Waals surface area contributed by atoms with Gasteiger partial charge in [0.2, 0.25) is 0 Å². The molecule has 0 aliphatic carbocycles. The molecule has 1 fully saturated rings. The Balaban J connectivity index is 2.07. The van der Waals surface area contributed by atoms with Crippen LogP contribution in [0.3, 0.4) is 0 Å². The highest BCUT2D eigenvalue weighted by molar-refractivity contribution is 7.99. The molecule has 1 aliphatic rings. The normalized spacial score (nSPS) is 18.4. The van der Waals surface area contributed by atoms with Crippen molar-refractivity contribution in [3.8, 4) is 0 Å². The summed E-state index contributed by atoms with van der Waals surface area (Å²) in [6.45, 7) is 11.0. The molecule has 29 heavy (non-hydrogen) atoms. The van der Waals surface area contributed by atoms with Gasteiger partial charge in [-0.05, 0) is 58.5 Å². The van der Waals surface area contributed by atoms with E-state index in [1.165, 1.54) is 0 Å². The number of likely N-dealkylation sites (tertiary alicyclic amines) is 1. The third-order valence-corrected chi connectivity index (χ3v) is 5.77. The second-order valence-electron chi connectivity index (χ2n) is 8.73. The maximum Gasteiger partial charge on any atom is 0.410 e. The van der Waals surface area contributed by atoms with E-state index in [9.17, 15) is 9.59 Å². The lowest BCUT2D eigenvalue weighted by Gasteiger charge is -2.33. The van der Waals surface area contributed by atoms with Crippen LogP contribution in [0, 0.1) is 0 Å². The topological polar surface area (TPSA) is 76.5 Å². The zero-order chi connectivity index (χ0) is 21.6. The minimum Gasteiger partial charge on any atom is -0.444 e. The van der Waals surface area contributed by atoms with E-state index in [0.29, 0.717) is 18.7 Å². The number of amides is 2. The first-order valence-electron chi connectivity index (χ1n) is 10.5. The Hall–Kier alpha value is -1.70. The van der Waals surface area contributed by atoms with Gasteiger partial charge in [0.1, 0.15) is 5.60 Å². The molecule has 0 aromatic carbocycles. The predicted octanol–water partition coefficient (Wildman–Crippen LogP) is 3.80. The summed E-state index contributed by atoms with van der Waals surface area (Å²) in [5, 5.41) is 7.68. The van der Waals surface area contributed by atoms with Gasteiger partial charge in [0.05, 0.1) is 11.3 Å². The van der Waals surface area contributed by atoms with Gasteiger partial charge in [-0.25, -0.2) is 4.79 Å². The fourth-order valence-corrected chi connectivity index (χ4v) is 4.26. The van der Waals surface area contributed by atoms with Crippen molar-refractivity contribution < 1.29 is 14.3 Å². The van der Waals surface area contributed by atoms with E-state index >= 15 is 0 Å². The molecule has 1 aliphatic heterocycles. The first-order chi connectivity index (χ1) is 13.6. The average Bonchev–Trinajstić information content (AvgIpc) is 3.02. The lowest BCUT2D eigenvalue weighted by Crippen LogP contribution is -2.42. The highest BCUT2D eigenvalue weighted by atomic mass is 32.2. The Morgan fingerprint density at radius 2 is 2.14 bits per heavy atom. The second kappa shape index (κ2) is 10.4. The molecular weight excluding hydrogens is 388 g/mol. The maximum atomic E-state index is 12.9. The molecule has 2 rings (SSSR count). The minimum absolute atomic E-state index is 0.0316. The number of ether oxygens (including phenoxy) is 1. The van der Waals surface area contributed by atoms with Crippen LogP contribution in [-0.2, 0) is 11.8 Å². The van der Waals surface area contributed by atoms with Crippen molar-refractivity contribution in [3.63, 3.8) is 0 Å². The molecule has 0 saturated carbocycles. The van der Waals surface area contributed by atoms with Gasteiger partial charge >= 0.3 is 6.09 Å². The van der Waals surface area contributed by atoms with Crippen LogP contribution < -0.4 is 5.32 Å². The highest BCUT2D eigenvalue weighted by Crippen LogP contribution is 2.29. The number of aromatic nitrogens is 2. The summed E-state index contributed by atoms with van der Waals surface area (Å²) in [5.41, 5.74) is 0.860. The molecule has 2 heterocycles. The Morgan fingerprint density at radius 3 is 2.79 bits per heavy atom. The summed E-state index contributed by atoms with van der Waals surface area (Å²) >= 11 is 1.88. The lowest BCUT2D eigenvalue weighted by atomic mass is 9.92.